The minimum atomic E-state index is -0.197. The van der Waals surface area contributed by atoms with Gasteiger partial charge in [0.05, 0.1) is 0 Å². The average molecular weight is 478 g/mol. The first kappa shape index (κ1) is 25.0. The second-order valence-electron chi connectivity index (χ2n) is 9.73. The van der Waals surface area contributed by atoms with Gasteiger partial charge in [0.2, 0.25) is 0 Å². The molecule has 2 aliphatic rings. The van der Waals surface area contributed by atoms with Crippen LogP contribution in [0.2, 0.25) is 0 Å². The van der Waals surface area contributed by atoms with E-state index in [9.17, 15) is 9.59 Å². The van der Waals surface area contributed by atoms with E-state index in [-0.39, 0.29) is 6.03 Å². The molecule has 2 heterocycles. The van der Waals surface area contributed by atoms with Crippen molar-refractivity contribution in [1.82, 2.24) is 10.2 Å². The smallest absolute Gasteiger partial charge is 0.321 e. The van der Waals surface area contributed by atoms with Crippen LogP contribution in [0, 0.1) is 0 Å². The van der Waals surface area contributed by atoms with Gasteiger partial charge in [-0.25, -0.2) is 4.79 Å². The highest BCUT2D eigenvalue weighted by Crippen LogP contribution is 2.32. The number of urea groups is 1. The van der Waals surface area contributed by atoms with E-state index in [0.29, 0.717) is 24.9 Å². The molecule has 0 aliphatic carbocycles. The quantitative estimate of drug-likeness (QED) is 0.460. The van der Waals surface area contributed by atoms with Gasteiger partial charge in [-0.05, 0) is 93.1 Å². The van der Waals surface area contributed by atoms with Gasteiger partial charge in [0.15, 0.2) is 0 Å². The standard InChI is InChI=1S/C28H39N5O2/c1-30-28(35)33(17-3-21-34)27-11-9-26(10-12-27)31-16-2-4-25(15-20-31)32-18-13-23(14-19-32)22-5-7-24(29)8-6-22/h5-12,21,23,25H,2-4,13-20,29H2,1H3,(H,30,35). The number of rotatable bonds is 7. The molecule has 1 atom stereocenters. The van der Waals surface area contributed by atoms with E-state index < -0.39 is 0 Å². The molecule has 35 heavy (non-hydrogen) atoms. The van der Waals surface area contributed by atoms with Gasteiger partial charge in [-0.1, -0.05) is 12.1 Å². The molecule has 188 valence electrons. The number of carbonyl (C=O) groups is 2. The number of aldehydes is 1. The van der Waals surface area contributed by atoms with Crippen LogP contribution >= 0.6 is 0 Å². The van der Waals surface area contributed by atoms with Crippen LogP contribution in [-0.4, -0.2) is 63.0 Å². The molecule has 2 saturated heterocycles. The molecule has 2 aliphatic heterocycles. The molecule has 3 N–H and O–H groups in total. The minimum Gasteiger partial charge on any atom is -0.399 e. The van der Waals surface area contributed by atoms with E-state index in [2.05, 4.69) is 39.4 Å². The predicted molar refractivity (Wildman–Crippen MR) is 143 cm³/mol. The lowest BCUT2D eigenvalue weighted by Gasteiger charge is -2.37. The van der Waals surface area contributed by atoms with E-state index in [1.54, 1.807) is 11.9 Å². The van der Waals surface area contributed by atoms with Gasteiger partial charge >= 0.3 is 6.03 Å². The second-order valence-corrected chi connectivity index (χ2v) is 9.73. The molecule has 7 heteroatoms. The third-order valence-corrected chi connectivity index (χ3v) is 7.61. The molecule has 2 aromatic rings. The molecule has 2 fully saturated rings. The molecule has 0 aromatic heterocycles. The van der Waals surface area contributed by atoms with Crippen molar-refractivity contribution in [1.29, 1.82) is 0 Å². The largest absolute Gasteiger partial charge is 0.399 e. The van der Waals surface area contributed by atoms with Crippen LogP contribution in [0.15, 0.2) is 48.5 Å². The molecule has 2 aromatic carbocycles. The summed E-state index contributed by atoms with van der Waals surface area (Å²) in [6.07, 6.45) is 7.22. The van der Waals surface area contributed by atoms with Crippen molar-refractivity contribution in [3.8, 4) is 0 Å². The monoisotopic (exact) mass is 477 g/mol. The normalized spacial score (nSPS) is 19.7. The van der Waals surface area contributed by atoms with E-state index in [4.69, 9.17) is 5.73 Å². The maximum absolute atomic E-state index is 12.2. The van der Waals surface area contributed by atoms with Crippen molar-refractivity contribution >= 4 is 29.4 Å². The fourth-order valence-electron chi connectivity index (χ4n) is 5.58. The summed E-state index contributed by atoms with van der Waals surface area (Å²) in [5.74, 6) is 0.647. The fourth-order valence-corrected chi connectivity index (χ4v) is 5.58. The van der Waals surface area contributed by atoms with Crippen molar-refractivity contribution in [2.45, 2.75) is 50.5 Å². The zero-order valence-corrected chi connectivity index (χ0v) is 20.9. The fraction of sp³-hybridized carbons (Fsp3) is 0.500. The number of benzene rings is 2. The Kier molecular flexibility index (Phi) is 8.64. The number of anilines is 3. The number of carbonyl (C=O) groups excluding carboxylic acids is 2. The van der Waals surface area contributed by atoms with E-state index in [1.165, 1.54) is 56.4 Å². The van der Waals surface area contributed by atoms with Crippen LogP contribution < -0.4 is 20.9 Å². The van der Waals surface area contributed by atoms with Gasteiger partial charge in [-0.3, -0.25) is 4.90 Å². The molecule has 1 unspecified atom stereocenters. The lowest BCUT2D eigenvalue weighted by Crippen LogP contribution is -2.41. The Hall–Kier alpha value is -3.06. The number of hydrogen-bond donors (Lipinski definition) is 2. The summed E-state index contributed by atoms with van der Waals surface area (Å²) >= 11 is 0. The van der Waals surface area contributed by atoms with Gasteiger partial charge in [0.1, 0.15) is 6.29 Å². The highest BCUT2D eigenvalue weighted by atomic mass is 16.2. The molecule has 4 rings (SSSR count). The van der Waals surface area contributed by atoms with E-state index in [0.717, 1.165) is 30.8 Å². The number of nitrogens with two attached hydrogens (primary N) is 1. The van der Waals surface area contributed by atoms with Gasteiger partial charge in [-0.2, -0.15) is 0 Å². The van der Waals surface area contributed by atoms with Crippen LogP contribution in [0.4, 0.5) is 21.9 Å². The van der Waals surface area contributed by atoms with Gasteiger partial charge in [0.25, 0.3) is 0 Å². The Morgan fingerprint density at radius 1 is 1.00 bits per heavy atom. The summed E-state index contributed by atoms with van der Waals surface area (Å²) in [7, 11) is 1.61. The first-order chi connectivity index (χ1) is 17.1. The first-order valence-electron chi connectivity index (χ1n) is 13.0. The van der Waals surface area contributed by atoms with E-state index in [1.807, 2.05) is 24.3 Å². The Morgan fingerprint density at radius 3 is 2.37 bits per heavy atom. The van der Waals surface area contributed by atoms with Crippen molar-refractivity contribution in [2.24, 2.45) is 0 Å². The zero-order valence-electron chi connectivity index (χ0n) is 20.9. The third-order valence-electron chi connectivity index (χ3n) is 7.61. The molecular formula is C28H39N5O2. The molecule has 0 spiro atoms. The zero-order chi connectivity index (χ0) is 24.6. The summed E-state index contributed by atoms with van der Waals surface area (Å²) in [5, 5.41) is 2.66. The number of piperidine rings is 1. The number of nitrogens with one attached hydrogen (secondary N) is 1. The molecule has 7 nitrogen and oxygen atoms in total. The Labute approximate surface area is 209 Å². The highest BCUT2D eigenvalue weighted by molar-refractivity contribution is 5.92. The Morgan fingerprint density at radius 2 is 1.71 bits per heavy atom. The lowest BCUT2D eigenvalue weighted by atomic mass is 9.88. The minimum absolute atomic E-state index is 0.197. The van der Waals surface area contributed by atoms with Crippen LogP contribution in [0.1, 0.15) is 50.0 Å². The molecule has 2 amide bonds. The van der Waals surface area contributed by atoms with Crippen molar-refractivity contribution in [3.63, 3.8) is 0 Å². The van der Waals surface area contributed by atoms with Crippen LogP contribution in [0.25, 0.3) is 0 Å². The summed E-state index contributed by atoms with van der Waals surface area (Å²) < 4.78 is 0. The third kappa shape index (κ3) is 6.34. The van der Waals surface area contributed by atoms with Crippen LogP contribution in [0.5, 0.6) is 0 Å². The summed E-state index contributed by atoms with van der Waals surface area (Å²) in [6, 6.07) is 17.1. The number of nitrogen functional groups attached to an aromatic ring is 1. The van der Waals surface area contributed by atoms with Gasteiger partial charge in [0, 0.05) is 56.2 Å². The van der Waals surface area contributed by atoms with Crippen LogP contribution in [-0.2, 0) is 4.79 Å². The summed E-state index contributed by atoms with van der Waals surface area (Å²) in [5.41, 5.74) is 10.1. The van der Waals surface area contributed by atoms with E-state index >= 15 is 0 Å². The molecule has 0 bridgehead atoms. The Balaban J connectivity index is 1.31. The maximum Gasteiger partial charge on any atom is 0.321 e. The molecular weight excluding hydrogens is 438 g/mol. The summed E-state index contributed by atoms with van der Waals surface area (Å²) in [6.45, 7) is 4.83. The van der Waals surface area contributed by atoms with Crippen molar-refractivity contribution in [3.05, 3.63) is 54.1 Å². The van der Waals surface area contributed by atoms with Crippen molar-refractivity contribution < 1.29 is 9.59 Å². The van der Waals surface area contributed by atoms with Gasteiger partial charge < -0.3 is 25.6 Å². The highest BCUT2D eigenvalue weighted by Gasteiger charge is 2.27. The van der Waals surface area contributed by atoms with Crippen LogP contribution in [0.3, 0.4) is 0 Å². The number of amides is 2. The number of hydrogen-bond acceptors (Lipinski definition) is 5. The maximum atomic E-state index is 12.2. The first-order valence-corrected chi connectivity index (χ1v) is 13.0. The Bertz CT molecular complexity index is 954. The van der Waals surface area contributed by atoms with Crippen molar-refractivity contribution in [2.75, 3.05) is 55.3 Å². The molecule has 0 radical (unpaired) electrons. The SMILES string of the molecule is CNC(=O)N(CCC=O)c1ccc(N2CCCC(N3CCC(c4ccc(N)cc4)CC3)CC2)cc1. The topological polar surface area (TPSA) is 81.9 Å². The molecule has 0 saturated carbocycles. The number of likely N-dealkylation sites (tertiary alicyclic amines) is 1. The predicted octanol–water partition coefficient (Wildman–Crippen LogP) is 4.24. The lowest BCUT2D eigenvalue weighted by molar-refractivity contribution is -0.107. The second kappa shape index (κ2) is 12.1. The van der Waals surface area contributed by atoms with Gasteiger partial charge in [-0.15, -0.1) is 0 Å². The number of nitrogens with zero attached hydrogens (tertiary/aromatic N) is 3. The average Bonchev–Trinajstić information content (AvgIpc) is 3.16. The summed E-state index contributed by atoms with van der Waals surface area (Å²) in [4.78, 5) is 29.8.